The summed E-state index contributed by atoms with van der Waals surface area (Å²) in [5.41, 5.74) is 1.05. The summed E-state index contributed by atoms with van der Waals surface area (Å²) in [6, 6.07) is 6.37. The molecular formula is C13H19ClN2O. The van der Waals surface area contributed by atoms with Gasteiger partial charge in [-0.15, -0.1) is 11.6 Å². The third-order valence-electron chi connectivity index (χ3n) is 3.51. The minimum atomic E-state index is 0.477. The van der Waals surface area contributed by atoms with Crippen LogP contribution in [0.3, 0.4) is 0 Å². The fourth-order valence-electron chi connectivity index (χ4n) is 2.40. The van der Waals surface area contributed by atoms with E-state index in [4.69, 9.17) is 16.3 Å². The molecule has 3 nitrogen and oxygen atoms in total. The lowest BCUT2D eigenvalue weighted by Crippen LogP contribution is -2.33. The molecule has 1 aliphatic heterocycles. The fraction of sp³-hybridized carbons (Fsp3) is 0.615. The number of methoxy groups -OCH3 is 1. The van der Waals surface area contributed by atoms with E-state index >= 15 is 0 Å². The third kappa shape index (κ3) is 2.90. The van der Waals surface area contributed by atoms with E-state index in [1.54, 1.807) is 7.11 Å². The predicted molar refractivity (Wildman–Crippen MR) is 69.5 cm³/mol. The molecule has 1 aliphatic rings. The first-order chi connectivity index (χ1) is 8.24. The summed E-state index contributed by atoms with van der Waals surface area (Å²) >= 11 is 6.04. The molecule has 0 N–H and O–H groups in total. The van der Waals surface area contributed by atoms with Gasteiger partial charge in [0.25, 0.3) is 0 Å². The van der Waals surface area contributed by atoms with Crippen molar-refractivity contribution in [3.8, 4) is 5.88 Å². The standard InChI is InChI=1S/C13H19ClN2O/c1-10-6-7-16(12(10)8-14)9-11-4-3-5-13(15-11)17-2/h3-5,10,12H,6-9H2,1-2H3. The van der Waals surface area contributed by atoms with Crippen LogP contribution in [0.15, 0.2) is 18.2 Å². The molecule has 0 aliphatic carbocycles. The predicted octanol–water partition coefficient (Wildman–Crippen LogP) is 2.54. The van der Waals surface area contributed by atoms with Crippen LogP contribution in [0.1, 0.15) is 19.0 Å². The molecule has 94 valence electrons. The molecule has 0 aromatic carbocycles. The Bertz CT molecular complexity index is 372. The second-order valence-corrected chi connectivity index (χ2v) is 4.94. The minimum absolute atomic E-state index is 0.477. The van der Waals surface area contributed by atoms with Gasteiger partial charge in [0.1, 0.15) is 0 Å². The van der Waals surface area contributed by atoms with Gasteiger partial charge in [0.2, 0.25) is 5.88 Å². The first-order valence-electron chi connectivity index (χ1n) is 6.04. The van der Waals surface area contributed by atoms with Gasteiger partial charge in [-0.3, -0.25) is 4.90 Å². The Labute approximate surface area is 108 Å². The number of aromatic nitrogens is 1. The first-order valence-corrected chi connectivity index (χ1v) is 6.58. The molecule has 2 atom stereocenters. The summed E-state index contributed by atoms with van der Waals surface area (Å²) in [5, 5.41) is 0. The number of hydrogen-bond acceptors (Lipinski definition) is 3. The smallest absolute Gasteiger partial charge is 0.213 e. The fourth-order valence-corrected chi connectivity index (χ4v) is 2.90. The van der Waals surface area contributed by atoms with Crippen LogP contribution in [0.5, 0.6) is 5.88 Å². The number of ether oxygens (including phenoxy) is 1. The summed E-state index contributed by atoms with van der Waals surface area (Å²) in [7, 11) is 1.64. The molecule has 0 spiro atoms. The molecule has 2 rings (SSSR count). The molecular weight excluding hydrogens is 236 g/mol. The Kier molecular flexibility index (Phi) is 4.24. The second-order valence-electron chi connectivity index (χ2n) is 4.63. The van der Waals surface area contributed by atoms with Crippen LogP contribution in [-0.4, -0.2) is 35.5 Å². The Balaban J connectivity index is 2.04. The molecule has 1 fully saturated rings. The maximum atomic E-state index is 6.04. The molecule has 1 aromatic heterocycles. The number of halogens is 1. The summed E-state index contributed by atoms with van der Waals surface area (Å²) in [6.07, 6.45) is 1.22. The van der Waals surface area contributed by atoms with Crippen molar-refractivity contribution in [3.05, 3.63) is 23.9 Å². The Morgan fingerprint density at radius 1 is 1.53 bits per heavy atom. The number of rotatable bonds is 4. The van der Waals surface area contributed by atoms with Crippen LogP contribution in [0.4, 0.5) is 0 Å². The summed E-state index contributed by atoms with van der Waals surface area (Å²) in [6.45, 7) is 4.24. The van der Waals surface area contributed by atoms with Crippen molar-refractivity contribution < 1.29 is 4.74 Å². The average Bonchev–Trinajstić information content (AvgIpc) is 2.70. The molecule has 0 amide bonds. The van der Waals surface area contributed by atoms with E-state index in [0.29, 0.717) is 23.7 Å². The van der Waals surface area contributed by atoms with E-state index in [2.05, 4.69) is 16.8 Å². The van der Waals surface area contributed by atoms with Crippen LogP contribution in [-0.2, 0) is 6.54 Å². The topological polar surface area (TPSA) is 25.4 Å². The highest BCUT2D eigenvalue weighted by atomic mass is 35.5. The number of hydrogen-bond donors (Lipinski definition) is 0. The van der Waals surface area contributed by atoms with Crippen molar-refractivity contribution in [2.24, 2.45) is 5.92 Å². The number of alkyl halides is 1. The quantitative estimate of drug-likeness (QED) is 0.773. The van der Waals surface area contributed by atoms with Gasteiger partial charge < -0.3 is 4.74 Å². The molecule has 1 aromatic rings. The zero-order valence-electron chi connectivity index (χ0n) is 10.4. The van der Waals surface area contributed by atoms with Crippen LogP contribution >= 0.6 is 11.6 Å². The zero-order valence-corrected chi connectivity index (χ0v) is 11.2. The van der Waals surface area contributed by atoms with E-state index in [0.717, 1.165) is 18.8 Å². The van der Waals surface area contributed by atoms with Gasteiger partial charge in [0, 0.05) is 24.5 Å². The van der Waals surface area contributed by atoms with Gasteiger partial charge >= 0.3 is 0 Å². The minimum Gasteiger partial charge on any atom is -0.481 e. The normalized spacial score (nSPS) is 25.1. The molecule has 17 heavy (non-hydrogen) atoms. The molecule has 0 bridgehead atoms. The van der Waals surface area contributed by atoms with Crippen molar-refractivity contribution >= 4 is 11.6 Å². The SMILES string of the molecule is COc1cccc(CN2CCC(C)C2CCl)n1. The van der Waals surface area contributed by atoms with Gasteiger partial charge in [-0.25, -0.2) is 4.98 Å². The van der Waals surface area contributed by atoms with Crippen LogP contribution in [0, 0.1) is 5.92 Å². The van der Waals surface area contributed by atoms with Crippen LogP contribution in [0.25, 0.3) is 0 Å². The summed E-state index contributed by atoms with van der Waals surface area (Å²) in [5.74, 6) is 2.06. The summed E-state index contributed by atoms with van der Waals surface area (Å²) < 4.78 is 5.14. The van der Waals surface area contributed by atoms with Crippen LogP contribution < -0.4 is 4.74 Å². The van der Waals surface area contributed by atoms with Crippen molar-refractivity contribution in [3.63, 3.8) is 0 Å². The second kappa shape index (κ2) is 5.69. The maximum Gasteiger partial charge on any atom is 0.213 e. The van der Waals surface area contributed by atoms with E-state index in [1.807, 2.05) is 18.2 Å². The lowest BCUT2D eigenvalue weighted by Gasteiger charge is -2.24. The van der Waals surface area contributed by atoms with Gasteiger partial charge in [-0.05, 0) is 24.9 Å². The van der Waals surface area contributed by atoms with Crippen molar-refractivity contribution in [1.29, 1.82) is 0 Å². The van der Waals surface area contributed by atoms with E-state index in [-0.39, 0.29) is 0 Å². The third-order valence-corrected chi connectivity index (χ3v) is 3.83. The maximum absolute atomic E-state index is 6.04. The molecule has 0 saturated carbocycles. The summed E-state index contributed by atoms with van der Waals surface area (Å²) in [4.78, 5) is 6.86. The zero-order chi connectivity index (χ0) is 12.3. The Morgan fingerprint density at radius 3 is 3.06 bits per heavy atom. The number of likely N-dealkylation sites (tertiary alicyclic amines) is 1. The van der Waals surface area contributed by atoms with Gasteiger partial charge in [-0.2, -0.15) is 0 Å². The molecule has 0 radical (unpaired) electrons. The number of nitrogens with zero attached hydrogens (tertiary/aromatic N) is 2. The monoisotopic (exact) mass is 254 g/mol. The van der Waals surface area contributed by atoms with E-state index < -0.39 is 0 Å². The first kappa shape index (κ1) is 12.7. The molecule has 1 saturated heterocycles. The van der Waals surface area contributed by atoms with Gasteiger partial charge in [-0.1, -0.05) is 13.0 Å². The Morgan fingerprint density at radius 2 is 2.35 bits per heavy atom. The molecule has 4 heteroatoms. The highest BCUT2D eigenvalue weighted by Gasteiger charge is 2.30. The lowest BCUT2D eigenvalue weighted by molar-refractivity contribution is 0.238. The molecule has 2 heterocycles. The van der Waals surface area contributed by atoms with Crippen LogP contribution in [0.2, 0.25) is 0 Å². The molecule has 2 unspecified atom stereocenters. The Hall–Kier alpha value is -0.800. The van der Waals surface area contributed by atoms with Crippen molar-refractivity contribution in [1.82, 2.24) is 9.88 Å². The van der Waals surface area contributed by atoms with Gasteiger partial charge in [0.15, 0.2) is 0 Å². The highest BCUT2D eigenvalue weighted by Crippen LogP contribution is 2.26. The van der Waals surface area contributed by atoms with Crippen molar-refractivity contribution in [2.45, 2.75) is 25.9 Å². The van der Waals surface area contributed by atoms with Crippen molar-refractivity contribution in [2.75, 3.05) is 19.5 Å². The van der Waals surface area contributed by atoms with E-state index in [1.165, 1.54) is 6.42 Å². The average molecular weight is 255 g/mol. The lowest BCUT2D eigenvalue weighted by atomic mass is 10.1. The van der Waals surface area contributed by atoms with Gasteiger partial charge in [0.05, 0.1) is 12.8 Å². The highest BCUT2D eigenvalue weighted by molar-refractivity contribution is 6.18. The van der Waals surface area contributed by atoms with E-state index in [9.17, 15) is 0 Å². The number of pyridine rings is 1. The largest absolute Gasteiger partial charge is 0.481 e.